The first-order valence-electron chi connectivity index (χ1n) is 28.8. The highest BCUT2D eigenvalue weighted by Crippen LogP contribution is 2.57. The minimum atomic E-state index is 1.18. The average Bonchev–Trinajstić information content (AvgIpc) is 3.66. The molecule has 14 aromatic rings. The van der Waals surface area contributed by atoms with Crippen molar-refractivity contribution in [2.24, 2.45) is 0 Å². The molecular weight excluding hydrogens is 985 g/mol. The fourth-order valence-corrected chi connectivity index (χ4v) is 14.0. The van der Waals surface area contributed by atoms with Gasteiger partial charge in [0.25, 0.3) is 0 Å². The summed E-state index contributed by atoms with van der Waals surface area (Å²) in [6, 6.07) is 99.4. The summed E-state index contributed by atoms with van der Waals surface area (Å²) in [5.74, 6) is 0. The van der Waals surface area contributed by atoms with Gasteiger partial charge in [0.15, 0.2) is 0 Å². The van der Waals surface area contributed by atoms with Crippen molar-refractivity contribution in [3.63, 3.8) is 0 Å². The molecular formula is C82H62. The molecule has 0 radical (unpaired) electrons. The molecule has 0 aromatic heterocycles. The van der Waals surface area contributed by atoms with Crippen molar-refractivity contribution in [2.45, 2.75) is 41.5 Å². The van der Waals surface area contributed by atoms with Gasteiger partial charge < -0.3 is 0 Å². The van der Waals surface area contributed by atoms with E-state index in [1.807, 2.05) is 0 Å². The largest absolute Gasteiger partial charge is 0.0622 e. The lowest BCUT2D eigenvalue weighted by atomic mass is 9.74. The summed E-state index contributed by atoms with van der Waals surface area (Å²) >= 11 is 0. The van der Waals surface area contributed by atoms with Crippen molar-refractivity contribution in [3.05, 3.63) is 300 Å². The fraction of sp³-hybridized carbons (Fsp3) is 0.0732. The van der Waals surface area contributed by atoms with Crippen LogP contribution in [0.4, 0.5) is 0 Å². The van der Waals surface area contributed by atoms with Crippen LogP contribution >= 0.6 is 0 Å². The molecule has 0 heteroatoms. The smallest absolute Gasteiger partial charge is 0.000743 e. The molecule has 0 nitrogen and oxygen atoms in total. The van der Waals surface area contributed by atoms with Gasteiger partial charge >= 0.3 is 0 Å². The third-order valence-corrected chi connectivity index (χ3v) is 17.8. The van der Waals surface area contributed by atoms with Crippen molar-refractivity contribution < 1.29 is 0 Å². The van der Waals surface area contributed by atoms with Gasteiger partial charge in [-0.3, -0.25) is 0 Å². The molecule has 0 fully saturated rings. The van der Waals surface area contributed by atoms with E-state index in [0.29, 0.717) is 0 Å². The van der Waals surface area contributed by atoms with Gasteiger partial charge in [-0.05, 0) is 242 Å². The monoisotopic (exact) mass is 1050 g/mol. The van der Waals surface area contributed by atoms with E-state index in [1.165, 1.54) is 177 Å². The fourth-order valence-electron chi connectivity index (χ4n) is 14.0. The number of rotatable bonds is 9. The SMILES string of the molecule is Cc1c(-c2ccccc2)c(-c2ccccc2)c(C)c2cc3c(-c4c(-c5ccccc5)c(-c5ccccc5)c(C)c5cc6c(C)c(-c7ccccc7)c(-c7ccccc7)c(C)c6cc45)c(-c4ccccc4)c(-c4ccccc4)c(C)c3cc12. The molecule has 0 saturated carbocycles. The van der Waals surface area contributed by atoms with Gasteiger partial charge in [-0.1, -0.05) is 243 Å². The summed E-state index contributed by atoms with van der Waals surface area (Å²) in [7, 11) is 0. The second-order valence-electron chi connectivity index (χ2n) is 22.3. The Balaban J connectivity index is 1.26. The summed E-state index contributed by atoms with van der Waals surface area (Å²) in [6.07, 6.45) is 0. The van der Waals surface area contributed by atoms with Crippen LogP contribution in [0.5, 0.6) is 0 Å². The van der Waals surface area contributed by atoms with Crippen LogP contribution in [0.2, 0.25) is 0 Å². The Bertz CT molecular complexity index is 4450. The molecule has 0 amide bonds. The highest BCUT2D eigenvalue weighted by Gasteiger charge is 2.31. The number of benzene rings is 14. The first kappa shape index (κ1) is 50.3. The molecule has 0 bridgehead atoms. The van der Waals surface area contributed by atoms with Crippen LogP contribution in [0.25, 0.3) is 143 Å². The van der Waals surface area contributed by atoms with Crippen molar-refractivity contribution in [1.29, 1.82) is 0 Å². The van der Waals surface area contributed by atoms with Gasteiger partial charge in [0.2, 0.25) is 0 Å². The summed E-state index contributed by atoms with van der Waals surface area (Å²) in [6.45, 7) is 14.2. The third-order valence-electron chi connectivity index (χ3n) is 17.8. The molecule has 390 valence electrons. The van der Waals surface area contributed by atoms with E-state index in [4.69, 9.17) is 0 Å². The van der Waals surface area contributed by atoms with Crippen LogP contribution in [0.1, 0.15) is 33.4 Å². The zero-order chi connectivity index (χ0) is 55.6. The molecule has 14 aromatic carbocycles. The summed E-state index contributed by atoms with van der Waals surface area (Å²) < 4.78 is 0. The Morgan fingerprint density at radius 1 is 0.134 bits per heavy atom. The Kier molecular flexibility index (Phi) is 12.7. The van der Waals surface area contributed by atoms with Crippen molar-refractivity contribution in [1.82, 2.24) is 0 Å². The van der Waals surface area contributed by atoms with Crippen LogP contribution in [0.3, 0.4) is 0 Å². The molecule has 0 N–H and O–H groups in total. The van der Waals surface area contributed by atoms with Gasteiger partial charge in [0, 0.05) is 0 Å². The van der Waals surface area contributed by atoms with Crippen LogP contribution < -0.4 is 0 Å². The molecule has 82 heavy (non-hydrogen) atoms. The maximum atomic E-state index is 2.59. The van der Waals surface area contributed by atoms with Gasteiger partial charge in [-0.2, -0.15) is 0 Å². The van der Waals surface area contributed by atoms with Gasteiger partial charge in [0.05, 0.1) is 0 Å². The number of hydrogen-bond acceptors (Lipinski definition) is 0. The minimum absolute atomic E-state index is 1.18. The van der Waals surface area contributed by atoms with E-state index in [0.717, 1.165) is 0 Å². The molecule has 14 rings (SSSR count). The van der Waals surface area contributed by atoms with Crippen molar-refractivity contribution in [3.8, 4) is 100 Å². The molecule has 0 aliphatic carbocycles. The number of fused-ring (bicyclic) bond motifs is 4. The predicted octanol–water partition coefficient (Wildman–Crippen LogP) is 23.2. The first-order chi connectivity index (χ1) is 40.3. The van der Waals surface area contributed by atoms with Gasteiger partial charge in [-0.25, -0.2) is 0 Å². The lowest BCUT2D eigenvalue weighted by Gasteiger charge is -2.29. The Morgan fingerprint density at radius 2 is 0.268 bits per heavy atom. The maximum absolute atomic E-state index is 2.59. The maximum Gasteiger partial charge on any atom is -0.000743 e. The number of aryl methyl sites for hydroxylation is 6. The zero-order valence-corrected chi connectivity index (χ0v) is 47.4. The van der Waals surface area contributed by atoms with Crippen LogP contribution in [0, 0.1) is 41.5 Å². The summed E-state index contributed by atoms with van der Waals surface area (Å²) in [5, 5.41) is 10.0. The molecule has 0 aliphatic rings. The van der Waals surface area contributed by atoms with E-state index in [1.54, 1.807) is 0 Å². The Morgan fingerprint density at radius 3 is 0.451 bits per heavy atom. The zero-order valence-electron chi connectivity index (χ0n) is 47.4. The van der Waals surface area contributed by atoms with Crippen LogP contribution in [0.15, 0.2) is 267 Å². The van der Waals surface area contributed by atoms with E-state index >= 15 is 0 Å². The molecule has 0 spiro atoms. The summed E-state index contributed by atoms with van der Waals surface area (Å²) in [5.41, 5.74) is 29.8. The van der Waals surface area contributed by atoms with Gasteiger partial charge in [-0.15, -0.1) is 0 Å². The second kappa shape index (κ2) is 20.7. The van der Waals surface area contributed by atoms with E-state index in [-0.39, 0.29) is 0 Å². The minimum Gasteiger partial charge on any atom is -0.0622 e. The molecule has 0 atom stereocenters. The quantitative estimate of drug-likeness (QED) is 0.126. The predicted molar refractivity (Wildman–Crippen MR) is 354 cm³/mol. The van der Waals surface area contributed by atoms with E-state index in [2.05, 4.69) is 308 Å². The highest BCUT2D eigenvalue weighted by molar-refractivity contribution is 6.25. The third kappa shape index (κ3) is 8.20. The van der Waals surface area contributed by atoms with Crippen LogP contribution in [-0.2, 0) is 0 Å². The molecule has 0 saturated heterocycles. The van der Waals surface area contributed by atoms with E-state index in [9.17, 15) is 0 Å². The normalized spacial score (nSPS) is 11.5. The lowest BCUT2D eigenvalue weighted by molar-refractivity contribution is 1.43. The Labute approximate surface area is 482 Å². The second-order valence-corrected chi connectivity index (χ2v) is 22.3. The average molecular weight is 1050 g/mol. The van der Waals surface area contributed by atoms with E-state index < -0.39 is 0 Å². The van der Waals surface area contributed by atoms with Crippen molar-refractivity contribution in [2.75, 3.05) is 0 Å². The summed E-state index contributed by atoms with van der Waals surface area (Å²) in [4.78, 5) is 0. The highest BCUT2D eigenvalue weighted by atomic mass is 14.3. The topological polar surface area (TPSA) is 0 Å². The standard InChI is InChI=1S/C82H62/c1-51-65-47-69-55(5)77(61-39-23-11-24-40-61)79(63-43-27-13-28-44-63)81(71(69)49-67(65)53(3)75(59-35-19-9-20-36-59)73(51)57-31-15-7-16-32-57)82-72-50-68-54(4)76(60-37-21-10-22-38-60)74(58-33-17-8-18-34-58)52(2)66(68)48-70(72)56(6)78(62-41-25-12-26-42-62)80(82)64-45-29-14-30-46-64/h7-50H,1-6H3. The first-order valence-corrected chi connectivity index (χ1v) is 28.8. The number of hydrogen-bond donors (Lipinski definition) is 0. The van der Waals surface area contributed by atoms with Crippen molar-refractivity contribution >= 4 is 43.1 Å². The Hall–Kier alpha value is -9.88. The van der Waals surface area contributed by atoms with Gasteiger partial charge in [0.1, 0.15) is 0 Å². The molecule has 0 unspecified atom stereocenters. The molecule has 0 aliphatic heterocycles. The van der Waals surface area contributed by atoms with Crippen LogP contribution in [-0.4, -0.2) is 0 Å². The lowest BCUT2D eigenvalue weighted by Crippen LogP contribution is -2.03. The molecule has 0 heterocycles.